The first-order valence-corrected chi connectivity index (χ1v) is 24.4. The van der Waals surface area contributed by atoms with Gasteiger partial charge in [-0.05, 0) is 129 Å². The van der Waals surface area contributed by atoms with Crippen molar-refractivity contribution in [1.29, 1.82) is 0 Å². The summed E-state index contributed by atoms with van der Waals surface area (Å²) in [7, 11) is 1.58. The number of aromatic amines is 1. The Morgan fingerprint density at radius 2 is 1.84 bits per heavy atom. The van der Waals surface area contributed by atoms with E-state index in [0.717, 1.165) is 82.5 Å². The molecular formula is C51H62FN7O7S. The average molecular weight is 936 g/mol. The van der Waals surface area contributed by atoms with Gasteiger partial charge in [0.1, 0.15) is 47.6 Å². The van der Waals surface area contributed by atoms with Gasteiger partial charge < -0.3 is 44.2 Å². The molecule has 356 valence electrons. The smallest absolute Gasteiger partial charge is 0.265 e. The summed E-state index contributed by atoms with van der Waals surface area (Å²) in [5.41, 5.74) is 4.61. The number of ether oxygens (including phenoxy) is 4. The van der Waals surface area contributed by atoms with Gasteiger partial charge in [0, 0.05) is 68.7 Å². The van der Waals surface area contributed by atoms with Crippen LogP contribution in [-0.4, -0.2) is 96.7 Å². The van der Waals surface area contributed by atoms with E-state index in [2.05, 4.69) is 73.1 Å². The zero-order valence-electron chi connectivity index (χ0n) is 39.0. The fourth-order valence-electron chi connectivity index (χ4n) is 10.2. The predicted molar refractivity (Wildman–Crippen MR) is 260 cm³/mol. The molecule has 16 heteroatoms. The van der Waals surface area contributed by atoms with E-state index in [1.54, 1.807) is 25.3 Å². The molecule has 3 aliphatic heterocycles. The number of nitrogens with zero attached hydrogens (tertiary/aromatic N) is 4. The maximum Gasteiger partial charge on any atom is 0.265 e. The molecule has 1 amide bonds. The number of aliphatic hydroxyl groups is 1. The van der Waals surface area contributed by atoms with Crippen LogP contribution in [0.4, 0.5) is 21.5 Å². The second-order valence-corrected chi connectivity index (χ2v) is 20.5. The summed E-state index contributed by atoms with van der Waals surface area (Å²) in [5, 5.41) is 17.5. The molecule has 5 aromatic rings. The monoisotopic (exact) mass is 935 g/mol. The van der Waals surface area contributed by atoms with Gasteiger partial charge in [0.25, 0.3) is 11.8 Å². The van der Waals surface area contributed by atoms with Crippen LogP contribution in [0.25, 0.3) is 11.0 Å². The van der Waals surface area contributed by atoms with E-state index in [9.17, 15) is 14.8 Å². The summed E-state index contributed by atoms with van der Waals surface area (Å²) >= 11 is 1.03. The number of benzene rings is 3. The molecule has 5 heterocycles. The molecule has 0 radical (unpaired) electrons. The van der Waals surface area contributed by atoms with Crippen LogP contribution in [0.5, 0.6) is 23.1 Å². The van der Waals surface area contributed by atoms with Gasteiger partial charge in [-0.3, -0.25) is 9.52 Å². The van der Waals surface area contributed by atoms with E-state index in [1.165, 1.54) is 23.4 Å². The summed E-state index contributed by atoms with van der Waals surface area (Å²) in [6.45, 7) is 13.7. The Morgan fingerprint density at radius 3 is 2.58 bits per heavy atom. The Hall–Kier alpha value is -5.42. The molecule has 2 saturated heterocycles. The maximum atomic E-state index is 15.0. The molecule has 1 aliphatic carbocycles. The molecule has 1 saturated carbocycles. The second-order valence-electron chi connectivity index (χ2n) is 19.6. The number of carbonyl (C=O) groups is 1. The van der Waals surface area contributed by atoms with E-state index in [0.29, 0.717) is 41.7 Å². The van der Waals surface area contributed by atoms with Crippen molar-refractivity contribution >= 4 is 46.0 Å². The number of pyridine rings is 1. The number of anilines is 2. The lowest BCUT2D eigenvalue weighted by Crippen LogP contribution is -2.60. The maximum absolute atomic E-state index is 15.0. The number of rotatable bonds is 16. The number of piperidine rings is 1. The van der Waals surface area contributed by atoms with Crippen molar-refractivity contribution in [3.63, 3.8) is 0 Å². The van der Waals surface area contributed by atoms with E-state index < -0.39 is 17.3 Å². The zero-order valence-corrected chi connectivity index (χ0v) is 39.8. The van der Waals surface area contributed by atoms with Crippen molar-refractivity contribution < 1.29 is 33.2 Å². The number of fused-ring (bicyclic) bond motifs is 2. The second kappa shape index (κ2) is 19.7. The first kappa shape index (κ1) is 46.7. The van der Waals surface area contributed by atoms with Crippen LogP contribution in [0.1, 0.15) is 93.6 Å². The van der Waals surface area contributed by atoms with Crippen LogP contribution < -0.4 is 29.1 Å². The molecule has 4 aliphatic rings. The lowest BCUT2D eigenvalue weighted by Gasteiger charge is -2.54. The minimum atomic E-state index is -0.656. The van der Waals surface area contributed by atoms with Gasteiger partial charge in [0.2, 0.25) is 0 Å². The lowest BCUT2D eigenvalue weighted by atomic mass is 9.71. The Balaban J connectivity index is 0.919. The third kappa shape index (κ3) is 10.4. The highest BCUT2D eigenvalue weighted by molar-refractivity contribution is 7.98. The molecule has 0 bridgehead atoms. The van der Waals surface area contributed by atoms with Gasteiger partial charge in [-0.25, -0.2) is 4.39 Å². The molecule has 3 fully saturated rings. The summed E-state index contributed by atoms with van der Waals surface area (Å²) in [5.74, 6) is 0.781. The van der Waals surface area contributed by atoms with Crippen LogP contribution in [0.3, 0.4) is 0 Å². The van der Waals surface area contributed by atoms with Crippen LogP contribution in [0.2, 0.25) is 0 Å². The van der Waals surface area contributed by atoms with Gasteiger partial charge in [0.05, 0.1) is 28.7 Å². The van der Waals surface area contributed by atoms with E-state index in [1.807, 2.05) is 26.0 Å². The summed E-state index contributed by atoms with van der Waals surface area (Å²) in [6, 6.07) is 19.2. The first-order valence-electron chi connectivity index (χ1n) is 23.6. The minimum absolute atomic E-state index is 0.0224. The summed E-state index contributed by atoms with van der Waals surface area (Å²) in [6.07, 6.45) is 7.23. The van der Waals surface area contributed by atoms with E-state index in [-0.39, 0.29) is 69.7 Å². The fourth-order valence-corrected chi connectivity index (χ4v) is 10.8. The van der Waals surface area contributed by atoms with Crippen molar-refractivity contribution in [2.24, 2.45) is 16.5 Å². The fraction of sp³-hybridized carbons (Fsp3) is 0.490. The molecular weight excluding hydrogens is 874 g/mol. The topological polar surface area (TPSA) is 163 Å². The highest BCUT2D eigenvalue weighted by Crippen LogP contribution is 2.46. The van der Waals surface area contributed by atoms with Crippen LogP contribution in [0.15, 0.2) is 76.9 Å². The number of nitrogens with one attached hydrogen (secondary N) is 3. The normalized spacial score (nSPS) is 21.8. The molecule has 3 aromatic carbocycles. The van der Waals surface area contributed by atoms with Crippen molar-refractivity contribution in [2.75, 3.05) is 63.3 Å². The van der Waals surface area contributed by atoms with Crippen LogP contribution in [-0.2, 0) is 11.2 Å². The van der Waals surface area contributed by atoms with Gasteiger partial charge in [-0.15, -0.1) is 4.91 Å². The molecule has 14 nitrogen and oxygen atoms in total. The number of methoxy groups -OCH3 is 1. The van der Waals surface area contributed by atoms with Gasteiger partial charge in [-0.1, -0.05) is 38.1 Å². The summed E-state index contributed by atoms with van der Waals surface area (Å²) < 4.78 is 42.2. The Morgan fingerprint density at radius 1 is 1.06 bits per heavy atom. The third-order valence-corrected chi connectivity index (χ3v) is 15.1. The molecule has 67 heavy (non-hydrogen) atoms. The quantitative estimate of drug-likeness (QED) is 0.0548. The summed E-state index contributed by atoms with van der Waals surface area (Å²) in [4.78, 5) is 39.3. The molecule has 2 unspecified atom stereocenters. The molecule has 2 aromatic heterocycles. The van der Waals surface area contributed by atoms with Gasteiger partial charge >= 0.3 is 0 Å². The standard InChI is InChI=1S/C51H62FN7O7S/c1-31(2)37-9-7-6-8-33(37)14-19-58-29-51(30-58)17-20-59(21-18-51)35-10-11-38(43(22-35)66-45-25-39-40(52)26-53-47(39)55-49(45)65-27-32(3)63-5)48(60)57-67-36-23-41(56-62)46-44(24-36)64-28-42(54-46)34-12-15-50(4,61)16-13-34/h6-11,22-26,31-32,34,42,54,61H,12-21,27-30H2,1-5H3,(H,53,55)(H,57,60)/t32?,34-,42?,50-. The SMILES string of the molecule is COC(C)COc1nc2[nH]cc(F)c2cc1Oc1cc(N2CCC3(CC2)CN(CCc2ccccc2C(C)C)C3)ccc1C(=O)NSc1cc(N=O)c2c(c1)OCC([C@H]1CC[C@](C)(O)CC1)N2. The lowest BCUT2D eigenvalue weighted by molar-refractivity contribution is -0.0172. The highest BCUT2D eigenvalue weighted by Gasteiger charge is 2.44. The number of halogens is 1. The molecule has 1 spiro atoms. The Labute approximate surface area is 395 Å². The molecule has 2 atom stereocenters. The number of hydrogen-bond acceptors (Lipinski definition) is 13. The minimum Gasteiger partial charge on any atom is -0.489 e. The van der Waals surface area contributed by atoms with Crippen molar-refractivity contribution in [3.8, 4) is 23.1 Å². The Kier molecular flexibility index (Phi) is 13.7. The largest absolute Gasteiger partial charge is 0.489 e. The number of hydrogen-bond donors (Lipinski definition) is 4. The Bertz CT molecular complexity index is 2580. The predicted octanol–water partition coefficient (Wildman–Crippen LogP) is 10.1. The molecule has 9 rings (SSSR count). The number of likely N-dealkylation sites (tertiary alicyclic amines) is 1. The van der Waals surface area contributed by atoms with Gasteiger partial charge in [-0.2, -0.15) is 4.98 Å². The number of amides is 1. The van der Waals surface area contributed by atoms with Crippen LogP contribution >= 0.6 is 11.9 Å². The van der Waals surface area contributed by atoms with E-state index >= 15 is 4.39 Å². The number of carbonyl (C=O) groups excluding carboxylic acids is 1. The van der Waals surface area contributed by atoms with Crippen LogP contribution in [0, 0.1) is 22.1 Å². The van der Waals surface area contributed by atoms with Crippen molar-refractivity contribution in [3.05, 3.63) is 94.3 Å². The number of aromatic nitrogens is 2. The molecule has 4 N–H and O–H groups in total. The van der Waals surface area contributed by atoms with Gasteiger partial charge in [0.15, 0.2) is 5.75 Å². The number of H-pyrrole nitrogens is 1. The first-order chi connectivity index (χ1) is 32.3. The van der Waals surface area contributed by atoms with Crippen molar-refractivity contribution in [1.82, 2.24) is 19.6 Å². The van der Waals surface area contributed by atoms with E-state index in [4.69, 9.17) is 18.9 Å². The third-order valence-electron chi connectivity index (χ3n) is 14.4. The highest BCUT2D eigenvalue weighted by atomic mass is 32.2. The number of nitroso groups, excluding NO2 is 1. The zero-order chi connectivity index (χ0) is 46.9. The average Bonchev–Trinajstić information content (AvgIpc) is 3.68. The van der Waals surface area contributed by atoms with Crippen molar-refractivity contribution in [2.45, 2.75) is 101 Å².